The van der Waals surface area contributed by atoms with Crippen molar-refractivity contribution >= 4 is 15.9 Å². The number of hydrogen-bond acceptors (Lipinski definition) is 5. The number of likely N-dealkylation sites (tertiary alicyclic amines) is 1. The van der Waals surface area contributed by atoms with E-state index < -0.39 is 10.0 Å². The molecule has 0 saturated carbocycles. The topological polar surface area (TPSA) is 76.2 Å². The number of methoxy groups -OCH3 is 1. The van der Waals surface area contributed by atoms with Crippen LogP contribution in [0.3, 0.4) is 0 Å². The summed E-state index contributed by atoms with van der Waals surface area (Å²) in [6.07, 6.45) is 1.96. The lowest BCUT2D eigenvalue weighted by Crippen LogP contribution is -2.50. The zero-order chi connectivity index (χ0) is 19.7. The van der Waals surface area contributed by atoms with Gasteiger partial charge in [0.2, 0.25) is 10.0 Å². The predicted molar refractivity (Wildman–Crippen MR) is 102 cm³/mol. The fraction of sp³-hybridized carbons (Fsp3) is 0.632. The van der Waals surface area contributed by atoms with E-state index >= 15 is 0 Å². The number of sulfonamides is 1. The van der Waals surface area contributed by atoms with Gasteiger partial charge in [-0.1, -0.05) is 12.1 Å². The lowest BCUT2D eigenvalue weighted by molar-refractivity contribution is 0.00331. The SMILES string of the molecule is CCOc1ccccc1C(=O)N1CCC2(COC)CN(S(C)(=O)=O)CC2C1. The summed E-state index contributed by atoms with van der Waals surface area (Å²) in [7, 11) is -1.62. The third-order valence-corrected chi connectivity index (χ3v) is 6.92. The van der Waals surface area contributed by atoms with Crippen LogP contribution in [-0.4, -0.2) is 76.3 Å². The molecule has 0 aliphatic carbocycles. The number of rotatable bonds is 6. The molecule has 3 rings (SSSR count). The van der Waals surface area contributed by atoms with E-state index in [0.29, 0.717) is 50.7 Å². The molecule has 1 aromatic carbocycles. The van der Waals surface area contributed by atoms with Gasteiger partial charge in [0.15, 0.2) is 0 Å². The van der Waals surface area contributed by atoms with Crippen molar-refractivity contribution in [2.75, 3.05) is 52.8 Å². The number of fused-ring (bicyclic) bond motifs is 1. The van der Waals surface area contributed by atoms with E-state index in [2.05, 4.69) is 0 Å². The highest BCUT2D eigenvalue weighted by Gasteiger charge is 2.52. The quantitative estimate of drug-likeness (QED) is 0.728. The average Bonchev–Trinajstić information content (AvgIpc) is 3.01. The summed E-state index contributed by atoms with van der Waals surface area (Å²) in [4.78, 5) is 14.9. The molecule has 0 spiro atoms. The predicted octanol–water partition coefficient (Wildman–Crippen LogP) is 1.46. The Morgan fingerprint density at radius 3 is 2.70 bits per heavy atom. The number of piperidine rings is 1. The van der Waals surface area contributed by atoms with Crippen LogP contribution in [0.1, 0.15) is 23.7 Å². The zero-order valence-electron chi connectivity index (χ0n) is 16.2. The molecule has 7 nitrogen and oxygen atoms in total. The van der Waals surface area contributed by atoms with Gasteiger partial charge in [-0.05, 0) is 31.4 Å². The van der Waals surface area contributed by atoms with Gasteiger partial charge in [-0.2, -0.15) is 0 Å². The normalized spacial score (nSPS) is 26.0. The first-order valence-electron chi connectivity index (χ1n) is 9.26. The van der Waals surface area contributed by atoms with E-state index in [1.54, 1.807) is 19.2 Å². The summed E-state index contributed by atoms with van der Waals surface area (Å²) in [5, 5.41) is 0. The van der Waals surface area contributed by atoms with E-state index in [1.165, 1.54) is 10.6 Å². The van der Waals surface area contributed by atoms with Crippen LogP contribution in [0.15, 0.2) is 24.3 Å². The summed E-state index contributed by atoms with van der Waals surface area (Å²) in [5.74, 6) is 0.579. The molecule has 2 atom stereocenters. The number of benzene rings is 1. The van der Waals surface area contributed by atoms with Crippen molar-refractivity contribution in [2.24, 2.45) is 11.3 Å². The van der Waals surface area contributed by atoms with E-state index in [4.69, 9.17) is 9.47 Å². The number of carbonyl (C=O) groups is 1. The van der Waals surface area contributed by atoms with Gasteiger partial charge in [-0.3, -0.25) is 4.79 Å². The highest BCUT2D eigenvalue weighted by molar-refractivity contribution is 7.88. The molecule has 0 bridgehead atoms. The zero-order valence-corrected chi connectivity index (χ0v) is 17.0. The number of carbonyl (C=O) groups excluding carboxylic acids is 1. The summed E-state index contributed by atoms with van der Waals surface area (Å²) >= 11 is 0. The first-order valence-corrected chi connectivity index (χ1v) is 11.1. The summed E-state index contributed by atoms with van der Waals surface area (Å²) in [6.45, 7) is 4.88. The maximum Gasteiger partial charge on any atom is 0.257 e. The highest BCUT2D eigenvalue weighted by atomic mass is 32.2. The molecule has 27 heavy (non-hydrogen) atoms. The molecular formula is C19H28N2O5S. The second-order valence-corrected chi connectivity index (χ2v) is 9.46. The van der Waals surface area contributed by atoms with Gasteiger partial charge in [0.1, 0.15) is 5.75 Å². The first kappa shape index (κ1) is 20.1. The van der Waals surface area contributed by atoms with Gasteiger partial charge in [0.25, 0.3) is 5.91 Å². The third kappa shape index (κ3) is 3.97. The lowest BCUT2D eigenvalue weighted by Gasteiger charge is -2.43. The molecule has 150 valence electrons. The summed E-state index contributed by atoms with van der Waals surface area (Å²) in [6, 6.07) is 7.26. The van der Waals surface area contributed by atoms with Gasteiger partial charge in [0.05, 0.1) is 25.0 Å². The van der Waals surface area contributed by atoms with E-state index in [0.717, 1.165) is 6.42 Å². The Labute approximate surface area is 161 Å². The van der Waals surface area contributed by atoms with Crippen LogP contribution in [0.2, 0.25) is 0 Å². The van der Waals surface area contributed by atoms with Crippen molar-refractivity contribution in [3.63, 3.8) is 0 Å². The van der Waals surface area contributed by atoms with Gasteiger partial charge in [-0.15, -0.1) is 0 Å². The van der Waals surface area contributed by atoms with Crippen LogP contribution in [0.25, 0.3) is 0 Å². The second-order valence-electron chi connectivity index (χ2n) is 7.48. The molecule has 2 fully saturated rings. The van der Waals surface area contributed by atoms with Crippen molar-refractivity contribution in [3.8, 4) is 5.75 Å². The van der Waals surface area contributed by atoms with Crippen molar-refractivity contribution < 1.29 is 22.7 Å². The number of para-hydroxylation sites is 1. The lowest BCUT2D eigenvalue weighted by atomic mass is 9.73. The Hall–Kier alpha value is -1.64. The maximum absolute atomic E-state index is 13.1. The molecule has 0 aromatic heterocycles. The second kappa shape index (κ2) is 7.77. The molecule has 0 radical (unpaired) electrons. The van der Waals surface area contributed by atoms with Crippen molar-refractivity contribution in [1.82, 2.24) is 9.21 Å². The fourth-order valence-corrected chi connectivity index (χ4v) is 5.23. The molecule has 8 heteroatoms. The standard InChI is InChI=1S/C19H28N2O5S/c1-4-26-17-8-6-5-7-16(17)18(22)20-10-9-19(14-25-2)13-21(27(3,23)24)12-15(19)11-20/h5-8,15H,4,9-14H2,1-3H3. The van der Waals surface area contributed by atoms with Crippen LogP contribution in [-0.2, 0) is 14.8 Å². The molecule has 2 saturated heterocycles. The first-order chi connectivity index (χ1) is 12.8. The number of ether oxygens (including phenoxy) is 2. The summed E-state index contributed by atoms with van der Waals surface area (Å²) < 4.78 is 36.7. The number of nitrogens with zero attached hydrogens (tertiary/aromatic N) is 2. The van der Waals surface area contributed by atoms with Crippen LogP contribution >= 0.6 is 0 Å². The Kier molecular flexibility index (Phi) is 5.79. The summed E-state index contributed by atoms with van der Waals surface area (Å²) in [5.41, 5.74) is 0.324. The van der Waals surface area contributed by atoms with Crippen molar-refractivity contribution in [1.29, 1.82) is 0 Å². The third-order valence-electron chi connectivity index (χ3n) is 5.71. The van der Waals surface area contributed by atoms with Crippen LogP contribution in [0, 0.1) is 11.3 Å². The Bertz CT molecular complexity index is 797. The maximum atomic E-state index is 13.1. The molecule has 2 aliphatic rings. The van der Waals surface area contributed by atoms with E-state index in [-0.39, 0.29) is 17.2 Å². The van der Waals surface area contributed by atoms with Crippen LogP contribution < -0.4 is 4.74 Å². The molecule has 2 heterocycles. The average molecular weight is 397 g/mol. The molecule has 2 aliphatic heterocycles. The van der Waals surface area contributed by atoms with Crippen molar-refractivity contribution in [3.05, 3.63) is 29.8 Å². The molecule has 2 unspecified atom stereocenters. The number of hydrogen-bond donors (Lipinski definition) is 0. The van der Waals surface area contributed by atoms with Gasteiger partial charge < -0.3 is 14.4 Å². The van der Waals surface area contributed by atoms with Crippen LogP contribution in [0.5, 0.6) is 5.75 Å². The molecular weight excluding hydrogens is 368 g/mol. The minimum atomic E-state index is -3.27. The minimum absolute atomic E-state index is 0.0594. The molecule has 0 N–H and O–H groups in total. The Morgan fingerprint density at radius 2 is 2.04 bits per heavy atom. The smallest absolute Gasteiger partial charge is 0.257 e. The van der Waals surface area contributed by atoms with E-state index in [9.17, 15) is 13.2 Å². The molecule has 1 aromatic rings. The van der Waals surface area contributed by atoms with Gasteiger partial charge in [0, 0.05) is 38.7 Å². The van der Waals surface area contributed by atoms with E-state index in [1.807, 2.05) is 24.0 Å². The Morgan fingerprint density at radius 1 is 1.30 bits per heavy atom. The molecule has 1 amide bonds. The fourth-order valence-electron chi connectivity index (χ4n) is 4.29. The minimum Gasteiger partial charge on any atom is -0.493 e. The van der Waals surface area contributed by atoms with Crippen LogP contribution in [0.4, 0.5) is 0 Å². The highest BCUT2D eigenvalue weighted by Crippen LogP contribution is 2.44. The van der Waals surface area contributed by atoms with Gasteiger partial charge in [-0.25, -0.2) is 12.7 Å². The largest absolute Gasteiger partial charge is 0.493 e. The van der Waals surface area contributed by atoms with Crippen molar-refractivity contribution in [2.45, 2.75) is 13.3 Å². The van der Waals surface area contributed by atoms with Gasteiger partial charge >= 0.3 is 0 Å². The number of amides is 1. The monoisotopic (exact) mass is 396 g/mol. The Balaban J connectivity index is 1.81.